The first-order valence-corrected chi connectivity index (χ1v) is 9.63. The Morgan fingerprint density at radius 1 is 0.931 bits per heavy atom. The van der Waals surface area contributed by atoms with Crippen molar-refractivity contribution >= 4 is 16.7 Å². The van der Waals surface area contributed by atoms with Crippen molar-refractivity contribution in [3.8, 4) is 17.2 Å². The molecule has 0 radical (unpaired) electrons. The highest BCUT2D eigenvalue weighted by Crippen LogP contribution is 2.38. The summed E-state index contributed by atoms with van der Waals surface area (Å²) in [5.41, 5.74) is 2.07. The number of hydrogen-bond acceptors (Lipinski definition) is 4. The number of benzene rings is 3. The van der Waals surface area contributed by atoms with Gasteiger partial charge in [0.1, 0.15) is 0 Å². The van der Waals surface area contributed by atoms with Crippen molar-refractivity contribution in [2.24, 2.45) is 0 Å². The Balaban J connectivity index is 1.68. The predicted octanol–water partition coefficient (Wildman–Crippen LogP) is 4.68. The van der Waals surface area contributed by atoms with Gasteiger partial charge in [-0.25, -0.2) is 0 Å². The summed E-state index contributed by atoms with van der Waals surface area (Å²) >= 11 is 0. The largest absolute Gasteiger partial charge is 0.493 e. The van der Waals surface area contributed by atoms with Crippen molar-refractivity contribution in [2.75, 3.05) is 21.3 Å². The molecule has 0 aliphatic rings. The monoisotopic (exact) mass is 393 g/mol. The van der Waals surface area contributed by atoms with E-state index in [9.17, 15) is 4.79 Å². The molecule has 0 spiro atoms. The summed E-state index contributed by atoms with van der Waals surface area (Å²) in [4.78, 5) is 12.6. The maximum absolute atomic E-state index is 12.6. The Morgan fingerprint density at radius 3 is 2.24 bits per heavy atom. The average molecular weight is 393 g/mol. The molecule has 0 aromatic heterocycles. The Hall–Kier alpha value is -3.21. The van der Waals surface area contributed by atoms with Crippen LogP contribution >= 0.6 is 0 Å². The lowest BCUT2D eigenvalue weighted by Gasteiger charge is -2.17. The second-order valence-electron chi connectivity index (χ2n) is 6.89. The molecule has 0 bridgehead atoms. The Morgan fingerprint density at radius 2 is 1.59 bits per heavy atom. The highest BCUT2D eigenvalue weighted by atomic mass is 16.5. The normalized spacial score (nSPS) is 11.7. The summed E-state index contributed by atoms with van der Waals surface area (Å²) in [6, 6.07) is 18.1. The minimum Gasteiger partial charge on any atom is -0.493 e. The number of rotatable bonds is 8. The van der Waals surface area contributed by atoms with Crippen LogP contribution in [0, 0.1) is 0 Å². The SMILES string of the molecule is COc1cc(CCC(=O)NC(C)c2cccc3ccccc23)cc(OC)c1OC. The van der Waals surface area contributed by atoms with Crippen LogP contribution in [0.1, 0.15) is 30.5 Å². The summed E-state index contributed by atoms with van der Waals surface area (Å²) < 4.78 is 16.1. The summed E-state index contributed by atoms with van der Waals surface area (Å²) in [5.74, 6) is 1.73. The molecule has 0 heterocycles. The van der Waals surface area contributed by atoms with E-state index in [1.165, 1.54) is 5.39 Å². The zero-order valence-electron chi connectivity index (χ0n) is 17.3. The van der Waals surface area contributed by atoms with Crippen molar-refractivity contribution in [3.63, 3.8) is 0 Å². The summed E-state index contributed by atoms with van der Waals surface area (Å²) in [7, 11) is 4.74. The lowest BCUT2D eigenvalue weighted by molar-refractivity contribution is -0.121. The average Bonchev–Trinajstić information content (AvgIpc) is 2.76. The molecule has 0 fully saturated rings. The van der Waals surface area contributed by atoms with Crippen molar-refractivity contribution in [1.82, 2.24) is 5.32 Å². The van der Waals surface area contributed by atoms with Gasteiger partial charge in [0.05, 0.1) is 27.4 Å². The highest BCUT2D eigenvalue weighted by molar-refractivity contribution is 5.87. The van der Waals surface area contributed by atoms with Crippen molar-refractivity contribution < 1.29 is 19.0 Å². The topological polar surface area (TPSA) is 56.8 Å². The van der Waals surface area contributed by atoms with Gasteiger partial charge in [-0.2, -0.15) is 0 Å². The van der Waals surface area contributed by atoms with E-state index in [1.807, 2.05) is 37.3 Å². The molecule has 0 aliphatic carbocycles. The first-order chi connectivity index (χ1) is 14.1. The maximum Gasteiger partial charge on any atom is 0.220 e. The molecule has 1 unspecified atom stereocenters. The molecular weight excluding hydrogens is 366 g/mol. The van der Waals surface area contributed by atoms with E-state index in [0.717, 1.165) is 16.5 Å². The van der Waals surface area contributed by atoms with Crippen LogP contribution in [0.2, 0.25) is 0 Å². The Kier molecular flexibility index (Phi) is 6.60. The minimum absolute atomic E-state index is 0.000754. The lowest BCUT2D eigenvalue weighted by Crippen LogP contribution is -2.27. The maximum atomic E-state index is 12.6. The molecule has 3 rings (SSSR count). The first-order valence-electron chi connectivity index (χ1n) is 9.63. The van der Waals surface area contributed by atoms with Crippen molar-refractivity contribution in [1.29, 1.82) is 0 Å². The fraction of sp³-hybridized carbons (Fsp3) is 0.292. The number of methoxy groups -OCH3 is 3. The van der Waals surface area contributed by atoms with E-state index in [4.69, 9.17) is 14.2 Å². The van der Waals surface area contributed by atoms with E-state index >= 15 is 0 Å². The Labute approximate surface area is 171 Å². The number of aryl methyl sites for hydroxylation is 1. The summed E-state index contributed by atoms with van der Waals surface area (Å²) in [5, 5.41) is 5.44. The molecule has 3 aromatic rings. The van der Waals surface area contributed by atoms with E-state index in [-0.39, 0.29) is 11.9 Å². The van der Waals surface area contributed by atoms with Gasteiger partial charge in [-0.05, 0) is 47.4 Å². The van der Waals surface area contributed by atoms with Crippen LogP contribution in [0.3, 0.4) is 0 Å². The second kappa shape index (κ2) is 9.32. The number of amides is 1. The van der Waals surface area contributed by atoms with Crippen LogP contribution in [0.25, 0.3) is 10.8 Å². The molecule has 0 aliphatic heterocycles. The van der Waals surface area contributed by atoms with Gasteiger partial charge in [-0.1, -0.05) is 42.5 Å². The first kappa shape index (κ1) is 20.5. The van der Waals surface area contributed by atoms with E-state index in [1.54, 1.807) is 21.3 Å². The van der Waals surface area contributed by atoms with Crippen LogP contribution in [0.15, 0.2) is 54.6 Å². The third-order valence-corrected chi connectivity index (χ3v) is 5.03. The van der Waals surface area contributed by atoms with E-state index in [0.29, 0.717) is 30.1 Å². The number of carbonyl (C=O) groups is 1. The van der Waals surface area contributed by atoms with Crippen LogP contribution in [-0.2, 0) is 11.2 Å². The smallest absolute Gasteiger partial charge is 0.220 e. The molecule has 3 aromatic carbocycles. The molecule has 1 atom stereocenters. The van der Waals surface area contributed by atoms with Crippen molar-refractivity contribution in [3.05, 3.63) is 65.7 Å². The Bertz CT molecular complexity index is 969. The molecule has 1 N–H and O–H groups in total. The number of nitrogens with one attached hydrogen (secondary N) is 1. The molecule has 0 saturated carbocycles. The lowest BCUT2D eigenvalue weighted by atomic mass is 9.99. The predicted molar refractivity (Wildman–Crippen MR) is 115 cm³/mol. The quantitative estimate of drug-likeness (QED) is 0.604. The number of ether oxygens (including phenoxy) is 3. The summed E-state index contributed by atoms with van der Waals surface area (Å²) in [6.07, 6.45) is 0.943. The van der Waals surface area contributed by atoms with Gasteiger partial charge in [0, 0.05) is 6.42 Å². The molecule has 5 heteroatoms. The van der Waals surface area contributed by atoms with Crippen LogP contribution in [0.5, 0.6) is 17.2 Å². The number of hydrogen-bond donors (Lipinski definition) is 1. The van der Waals surface area contributed by atoms with Crippen LogP contribution < -0.4 is 19.5 Å². The highest BCUT2D eigenvalue weighted by Gasteiger charge is 2.15. The zero-order valence-corrected chi connectivity index (χ0v) is 17.3. The van der Waals surface area contributed by atoms with Crippen LogP contribution in [0.4, 0.5) is 0 Å². The van der Waals surface area contributed by atoms with E-state index < -0.39 is 0 Å². The standard InChI is InChI=1S/C24H27NO4/c1-16(19-11-7-9-18-8-5-6-10-20(18)19)25-23(26)13-12-17-14-21(27-2)24(29-4)22(15-17)28-3/h5-11,14-16H,12-13H2,1-4H3,(H,25,26). The summed E-state index contributed by atoms with van der Waals surface area (Å²) in [6.45, 7) is 2.01. The van der Waals surface area contributed by atoms with Gasteiger partial charge in [0.25, 0.3) is 0 Å². The number of carbonyl (C=O) groups excluding carboxylic acids is 1. The van der Waals surface area contributed by atoms with Gasteiger partial charge < -0.3 is 19.5 Å². The third-order valence-electron chi connectivity index (χ3n) is 5.03. The van der Waals surface area contributed by atoms with Gasteiger partial charge in [-0.15, -0.1) is 0 Å². The third kappa shape index (κ3) is 4.62. The molecule has 5 nitrogen and oxygen atoms in total. The zero-order chi connectivity index (χ0) is 20.8. The number of fused-ring (bicyclic) bond motifs is 1. The van der Waals surface area contributed by atoms with Gasteiger partial charge in [0.15, 0.2) is 11.5 Å². The molecular formula is C24H27NO4. The van der Waals surface area contributed by atoms with E-state index in [2.05, 4.69) is 29.6 Å². The second-order valence-corrected chi connectivity index (χ2v) is 6.89. The molecule has 1 amide bonds. The molecule has 152 valence electrons. The van der Waals surface area contributed by atoms with Gasteiger partial charge >= 0.3 is 0 Å². The molecule has 29 heavy (non-hydrogen) atoms. The van der Waals surface area contributed by atoms with Gasteiger partial charge in [-0.3, -0.25) is 4.79 Å². The van der Waals surface area contributed by atoms with Crippen molar-refractivity contribution in [2.45, 2.75) is 25.8 Å². The fourth-order valence-corrected chi connectivity index (χ4v) is 3.56. The van der Waals surface area contributed by atoms with Gasteiger partial charge in [0.2, 0.25) is 11.7 Å². The fourth-order valence-electron chi connectivity index (χ4n) is 3.56. The molecule has 0 saturated heterocycles. The van der Waals surface area contributed by atoms with Crippen LogP contribution in [-0.4, -0.2) is 27.2 Å². The minimum atomic E-state index is -0.0754.